The second-order valence-electron chi connectivity index (χ2n) is 5.87. The number of aromatic nitrogens is 3. The third-order valence-corrected chi connectivity index (χ3v) is 4.24. The second kappa shape index (κ2) is 5.48. The monoisotopic (exact) mass is 307 g/mol. The van der Waals surface area contributed by atoms with E-state index in [9.17, 15) is 4.79 Å². The van der Waals surface area contributed by atoms with Crippen LogP contribution in [0.1, 0.15) is 0 Å². The highest BCUT2D eigenvalue weighted by Gasteiger charge is 2.24. The van der Waals surface area contributed by atoms with Crippen molar-refractivity contribution in [2.75, 3.05) is 18.4 Å². The fraction of sp³-hybridized carbons (Fsp3) is 0.235. The normalized spacial score (nSPS) is 14.7. The number of hydrogen-bond donors (Lipinski definition) is 2. The maximum Gasteiger partial charge on any atom is 0.231 e. The molecule has 0 atom stereocenters. The summed E-state index contributed by atoms with van der Waals surface area (Å²) in [6.07, 6.45) is 5.41. The molecule has 23 heavy (non-hydrogen) atoms. The van der Waals surface area contributed by atoms with Gasteiger partial charge < -0.3 is 15.2 Å². The summed E-state index contributed by atoms with van der Waals surface area (Å²) in [6.45, 7) is 1.48. The molecule has 116 valence electrons. The number of pyridine rings is 1. The number of nitrogens with one attached hydrogen (secondary N) is 2. The molecule has 1 saturated heterocycles. The van der Waals surface area contributed by atoms with E-state index in [1.807, 2.05) is 29.9 Å². The summed E-state index contributed by atoms with van der Waals surface area (Å²) in [4.78, 5) is 20.5. The predicted octanol–water partition coefficient (Wildman–Crippen LogP) is 1.79. The number of carbonyl (C=O) groups excluding carboxylic acids is 1. The van der Waals surface area contributed by atoms with Gasteiger partial charge in [-0.3, -0.25) is 4.79 Å². The molecule has 6 nitrogen and oxygen atoms in total. The lowest BCUT2D eigenvalue weighted by Gasteiger charge is -2.25. The maximum absolute atomic E-state index is 12.0. The number of imidazole rings is 1. The van der Waals surface area contributed by atoms with E-state index in [2.05, 4.69) is 32.7 Å². The van der Waals surface area contributed by atoms with Gasteiger partial charge in [0.25, 0.3) is 0 Å². The average Bonchev–Trinajstić information content (AvgIpc) is 2.91. The summed E-state index contributed by atoms with van der Waals surface area (Å²) < 4.78 is 1.98. The highest BCUT2D eigenvalue weighted by atomic mass is 16.2. The molecule has 1 aromatic carbocycles. The zero-order chi connectivity index (χ0) is 15.8. The number of aryl methyl sites for hydroxylation is 1. The van der Waals surface area contributed by atoms with Crippen LogP contribution in [0.25, 0.3) is 22.0 Å². The molecule has 0 radical (unpaired) electrons. The number of amides is 1. The minimum atomic E-state index is 0.0263. The van der Waals surface area contributed by atoms with Crippen LogP contribution in [0.2, 0.25) is 0 Å². The van der Waals surface area contributed by atoms with Crippen LogP contribution in [0.15, 0.2) is 43.0 Å². The zero-order valence-electron chi connectivity index (χ0n) is 12.8. The van der Waals surface area contributed by atoms with Crippen molar-refractivity contribution >= 4 is 22.5 Å². The Balaban J connectivity index is 1.66. The minimum absolute atomic E-state index is 0.0263. The first-order valence-corrected chi connectivity index (χ1v) is 7.59. The molecule has 3 aromatic rings. The molecule has 0 bridgehead atoms. The number of fused-ring (bicyclic) bond motifs is 1. The Hall–Kier alpha value is -2.73. The lowest BCUT2D eigenvalue weighted by Crippen LogP contribution is -2.48. The largest absolute Gasteiger partial charge is 0.334 e. The molecule has 0 spiro atoms. The van der Waals surface area contributed by atoms with Crippen molar-refractivity contribution in [3.8, 4) is 11.3 Å². The third-order valence-electron chi connectivity index (χ3n) is 4.24. The van der Waals surface area contributed by atoms with Crippen molar-refractivity contribution in [3.63, 3.8) is 0 Å². The number of nitrogens with zero attached hydrogens (tertiary/aromatic N) is 3. The molecule has 1 fully saturated rings. The van der Waals surface area contributed by atoms with Crippen molar-refractivity contribution in [1.29, 1.82) is 0 Å². The summed E-state index contributed by atoms with van der Waals surface area (Å²) in [5.74, 6) is 0.670. The van der Waals surface area contributed by atoms with Crippen molar-refractivity contribution in [1.82, 2.24) is 19.9 Å². The third kappa shape index (κ3) is 2.57. The molecule has 6 heteroatoms. The molecule has 1 aliphatic rings. The number of benzene rings is 1. The van der Waals surface area contributed by atoms with Crippen LogP contribution < -0.4 is 10.6 Å². The summed E-state index contributed by atoms with van der Waals surface area (Å²) in [6, 6.07) is 8.10. The van der Waals surface area contributed by atoms with Gasteiger partial charge in [-0.1, -0.05) is 12.1 Å². The van der Waals surface area contributed by atoms with Gasteiger partial charge in [-0.2, -0.15) is 0 Å². The van der Waals surface area contributed by atoms with Gasteiger partial charge in [0.15, 0.2) is 0 Å². The first kappa shape index (κ1) is 13.9. The molecular weight excluding hydrogens is 290 g/mol. The quantitative estimate of drug-likeness (QED) is 0.774. The molecule has 3 heterocycles. The van der Waals surface area contributed by atoms with Crippen LogP contribution >= 0.6 is 0 Å². The van der Waals surface area contributed by atoms with Crippen LogP contribution in [0.5, 0.6) is 0 Å². The minimum Gasteiger partial charge on any atom is -0.334 e. The van der Waals surface area contributed by atoms with E-state index in [0.29, 0.717) is 5.82 Å². The van der Waals surface area contributed by atoms with Gasteiger partial charge in [-0.15, -0.1) is 0 Å². The maximum atomic E-state index is 12.0. The Morgan fingerprint density at radius 2 is 2.13 bits per heavy atom. The fourth-order valence-electron chi connectivity index (χ4n) is 2.71. The summed E-state index contributed by atoms with van der Waals surface area (Å²) >= 11 is 0. The molecular formula is C17H17N5O. The Labute approximate surface area is 133 Å². The van der Waals surface area contributed by atoms with Gasteiger partial charge in [0.1, 0.15) is 5.82 Å². The predicted molar refractivity (Wildman–Crippen MR) is 88.9 cm³/mol. The average molecular weight is 307 g/mol. The van der Waals surface area contributed by atoms with E-state index < -0.39 is 0 Å². The summed E-state index contributed by atoms with van der Waals surface area (Å²) in [5, 5.41) is 8.07. The van der Waals surface area contributed by atoms with E-state index in [-0.39, 0.29) is 11.8 Å². The molecule has 0 aliphatic carbocycles. The second-order valence-corrected chi connectivity index (χ2v) is 5.87. The van der Waals surface area contributed by atoms with E-state index in [1.54, 1.807) is 12.5 Å². The first-order chi connectivity index (χ1) is 11.2. The summed E-state index contributed by atoms with van der Waals surface area (Å²) in [7, 11) is 1.97. The van der Waals surface area contributed by atoms with Crippen molar-refractivity contribution in [2.45, 2.75) is 0 Å². The number of carbonyl (C=O) groups is 1. The molecule has 4 rings (SSSR count). The van der Waals surface area contributed by atoms with Crippen molar-refractivity contribution in [3.05, 3.63) is 43.0 Å². The Kier molecular flexibility index (Phi) is 3.31. The smallest absolute Gasteiger partial charge is 0.231 e. The molecule has 1 aliphatic heterocycles. The zero-order valence-corrected chi connectivity index (χ0v) is 12.8. The standard InChI is InChI=1S/C17H17N5O/c1-22-10-19-9-15(22)11-2-3-12-8-20-16(5-13(12)4-11)21-17(23)14-6-18-7-14/h2-5,8-10,14,18H,6-7H2,1H3,(H,20,21,23). The number of rotatable bonds is 3. The number of hydrogen-bond acceptors (Lipinski definition) is 4. The topological polar surface area (TPSA) is 71.8 Å². The molecule has 1 amide bonds. The number of anilines is 1. The summed E-state index contributed by atoms with van der Waals surface area (Å²) in [5.41, 5.74) is 2.14. The van der Waals surface area contributed by atoms with Crippen LogP contribution in [0.4, 0.5) is 5.82 Å². The van der Waals surface area contributed by atoms with Crippen LogP contribution in [0, 0.1) is 5.92 Å². The van der Waals surface area contributed by atoms with Crippen LogP contribution in [0.3, 0.4) is 0 Å². The fourth-order valence-corrected chi connectivity index (χ4v) is 2.71. The Morgan fingerprint density at radius 3 is 2.83 bits per heavy atom. The van der Waals surface area contributed by atoms with Gasteiger partial charge >= 0.3 is 0 Å². The van der Waals surface area contributed by atoms with Gasteiger partial charge in [-0.05, 0) is 17.5 Å². The molecule has 2 N–H and O–H groups in total. The lowest BCUT2D eigenvalue weighted by atomic mass is 10.0. The molecule has 0 unspecified atom stereocenters. The van der Waals surface area contributed by atoms with Gasteiger partial charge in [0, 0.05) is 37.3 Å². The van der Waals surface area contributed by atoms with Crippen molar-refractivity contribution < 1.29 is 4.79 Å². The lowest BCUT2D eigenvalue weighted by molar-refractivity contribution is -0.121. The van der Waals surface area contributed by atoms with E-state index >= 15 is 0 Å². The molecule has 0 saturated carbocycles. The Morgan fingerprint density at radius 1 is 1.26 bits per heavy atom. The van der Waals surface area contributed by atoms with Crippen molar-refractivity contribution in [2.24, 2.45) is 13.0 Å². The van der Waals surface area contributed by atoms with Crippen LogP contribution in [-0.2, 0) is 11.8 Å². The Bertz CT molecular complexity index is 882. The van der Waals surface area contributed by atoms with E-state index in [4.69, 9.17) is 0 Å². The first-order valence-electron chi connectivity index (χ1n) is 7.59. The highest BCUT2D eigenvalue weighted by Crippen LogP contribution is 2.25. The highest BCUT2D eigenvalue weighted by molar-refractivity contribution is 5.95. The van der Waals surface area contributed by atoms with Gasteiger partial charge in [0.2, 0.25) is 5.91 Å². The van der Waals surface area contributed by atoms with Gasteiger partial charge in [0.05, 0.1) is 24.1 Å². The SMILES string of the molecule is Cn1cncc1-c1ccc2cnc(NC(=O)C3CNC3)cc2c1. The van der Waals surface area contributed by atoms with Crippen LogP contribution in [-0.4, -0.2) is 33.5 Å². The molecule has 2 aromatic heterocycles. The van der Waals surface area contributed by atoms with E-state index in [1.165, 1.54) is 0 Å². The van der Waals surface area contributed by atoms with E-state index in [0.717, 1.165) is 35.1 Å². The van der Waals surface area contributed by atoms with Gasteiger partial charge in [-0.25, -0.2) is 9.97 Å².